The van der Waals surface area contributed by atoms with Gasteiger partial charge in [0, 0.05) is 10.5 Å². The fraction of sp³-hybridized carbons (Fsp3) is 0.125. The normalized spacial score (nSPS) is 11.7. The summed E-state index contributed by atoms with van der Waals surface area (Å²) in [5.41, 5.74) is -0.136. The molecule has 1 N–H and O–H groups in total. The van der Waals surface area contributed by atoms with Gasteiger partial charge in [0.1, 0.15) is 11.6 Å². The van der Waals surface area contributed by atoms with Crippen LogP contribution < -0.4 is 5.32 Å². The van der Waals surface area contributed by atoms with Gasteiger partial charge in [-0.05, 0) is 37.3 Å². The fourth-order valence-electron chi connectivity index (χ4n) is 1.76. The highest BCUT2D eigenvalue weighted by Gasteiger charge is 2.21. The second kappa shape index (κ2) is 7.72. The van der Waals surface area contributed by atoms with Gasteiger partial charge < -0.3 is 10.1 Å². The topological polar surface area (TPSA) is 55.4 Å². The fourth-order valence-corrected chi connectivity index (χ4v) is 2.31. The van der Waals surface area contributed by atoms with Crippen LogP contribution in [0.15, 0.2) is 40.9 Å². The van der Waals surface area contributed by atoms with Crippen LogP contribution in [0.3, 0.4) is 0 Å². The Kier molecular flexibility index (Phi) is 5.90. The van der Waals surface area contributed by atoms with Crippen molar-refractivity contribution in [3.8, 4) is 0 Å². The predicted octanol–water partition coefficient (Wildman–Crippen LogP) is 4.56. The lowest BCUT2D eigenvalue weighted by Crippen LogP contribution is -2.30. The minimum atomic E-state index is -1.21. The van der Waals surface area contributed by atoms with Crippen molar-refractivity contribution < 1.29 is 23.1 Å². The first-order valence-electron chi connectivity index (χ1n) is 6.70. The summed E-state index contributed by atoms with van der Waals surface area (Å²) in [6.07, 6.45) is -1.21. The van der Waals surface area contributed by atoms with Crippen molar-refractivity contribution in [1.29, 1.82) is 0 Å². The predicted molar refractivity (Wildman–Crippen MR) is 89.0 cm³/mol. The molecule has 0 saturated carbocycles. The molecule has 0 bridgehead atoms. The Hall–Kier alpha value is -1.99. The van der Waals surface area contributed by atoms with E-state index in [1.807, 2.05) is 0 Å². The molecule has 1 atom stereocenters. The number of halogens is 4. The first-order chi connectivity index (χ1) is 11.3. The zero-order valence-corrected chi connectivity index (χ0v) is 14.6. The van der Waals surface area contributed by atoms with Crippen molar-refractivity contribution in [3.63, 3.8) is 0 Å². The Bertz CT molecular complexity index is 801. The van der Waals surface area contributed by atoms with Crippen LogP contribution in [0.1, 0.15) is 17.3 Å². The highest BCUT2D eigenvalue weighted by Crippen LogP contribution is 2.22. The van der Waals surface area contributed by atoms with Crippen molar-refractivity contribution in [1.82, 2.24) is 0 Å². The number of benzene rings is 2. The zero-order chi connectivity index (χ0) is 17.9. The van der Waals surface area contributed by atoms with Gasteiger partial charge in [-0.2, -0.15) is 0 Å². The molecule has 4 nitrogen and oxygen atoms in total. The first kappa shape index (κ1) is 18.4. The van der Waals surface area contributed by atoms with Gasteiger partial charge in [0.2, 0.25) is 0 Å². The van der Waals surface area contributed by atoms with E-state index in [2.05, 4.69) is 21.2 Å². The lowest BCUT2D eigenvalue weighted by atomic mass is 10.2. The number of anilines is 1. The van der Waals surface area contributed by atoms with Crippen LogP contribution in [-0.2, 0) is 9.53 Å². The van der Waals surface area contributed by atoms with Crippen molar-refractivity contribution in [2.24, 2.45) is 0 Å². The summed E-state index contributed by atoms with van der Waals surface area (Å²) >= 11 is 9.11. The molecule has 0 aliphatic carbocycles. The third kappa shape index (κ3) is 4.52. The molecule has 2 aromatic carbocycles. The van der Waals surface area contributed by atoms with Gasteiger partial charge in [-0.3, -0.25) is 4.79 Å². The molecule has 0 radical (unpaired) electrons. The number of nitrogens with one attached hydrogen (secondary N) is 1. The average Bonchev–Trinajstić information content (AvgIpc) is 2.52. The molecule has 0 fully saturated rings. The van der Waals surface area contributed by atoms with Gasteiger partial charge in [0.05, 0.1) is 16.3 Å². The van der Waals surface area contributed by atoms with E-state index in [-0.39, 0.29) is 16.3 Å². The quantitative estimate of drug-likeness (QED) is 0.740. The summed E-state index contributed by atoms with van der Waals surface area (Å²) in [5.74, 6) is -3.27. The molecule has 24 heavy (non-hydrogen) atoms. The molecule has 0 saturated heterocycles. The molecule has 1 unspecified atom stereocenters. The van der Waals surface area contributed by atoms with Gasteiger partial charge in [0.25, 0.3) is 5.91 Å². The third-order valence-corrected chi connectivity index (χ3v) is 3.81. The highest BCUT2D eigenvalue weighted by atomic mass is 79.9. The molecular formula is C16H11BrClF2NO3. The Labute approximate surface area is 149 Å². The van der Waals surface area contributed by atoms with Gasteiger partial charge in [-0.25, -0.2) is 13.6 Å². The highest BCUT2D eigenvalue weighted by molar-refractivity contribution is 9.10. The number of carbonyl (C=O) groups excluding carboxylic acids is 2. The number of amides is 1. The molecule has 0 spiro atoms. The third-order valence-electron chi connectivity index (χ3n) is 2.99. The Morgan fingerprint density at radius 3 is 2.58 bits per heavy atom. The smallest absolute Gasteiger partial charge is 0.340 e. The molecule has 1 amide bonds. The second-order valence-corrected chi connectivity index (χ2v) is 6.11. The van der Waals surface area contributed by atoms with Crippen molar-refractivity contribution >= 4 is 45.1 Å². The molecular weight excluding hydrogens is 408 g/mol. The van der Waals surface area contributed by atoms with Crippen molar-refractivity contribution in [3.05, 3.63) is 63.1 Å². The van der Waals surface area contributed by atoms with Crippen LogP contribution in [0.4, 0.5) is 14.5 Å². The van der Waals surface area contributed by atoms with E-state index >= 15 is 0 Å². The summed E-state index contributed by atoms with van der Waals surface area (Å²) in [4.78, 5) is 24.0. The van der Waals surface area contributed by atoms with E-state index in [0.717, 1.165) is 12.1 Å². The molecule has 0 aliphatic rings. The van der Waals surface area contributed by atoms with Crippen LogP contribution in [0.5, 0.6) is 0 Å². The number of rotatable bonds is 4. The summed E-state index contributed by atoms with van der Waals surface area (Å²) < 4.78 is 32.0. The number of esters is 1. The molecule has 0 aromatic heterocycles. The minimum absolute atomic E-state index is 0.0821. The van der Waals surface area contributed by atoms with Gasteiger partial charge >= 0.3 is 5.97 Å². The summed E-state index contributed by atoms with van der Waals surface area (Å²) in [6, 6.07) is 7.30. The number of carbonyl (C=O) groups is 2. The zero-order valence-electron chi connectivity index (χ0n) is 12.3. The lowest BCUT2D eigenvalue weighted by molar-refractivity contribution is -0.123. The van der Waals surface area contributed by atoms with E-state index in [1.165, 1.54) is 19.1 Å². The lowest BCUT2D eigenvalue weighted by Gasteiger charge is -2.14. The van der Waals surface area contributed by atoms with Crippen molar-refractivity contribution in [2.75, 3.05) is 5.32 Å². The average molecular weight is 419 g/mol. The van der Waals surface area contributed by atoms with E-state index in [0.29, 0.717) is 10.5 Å². The van der Waals surface area contributed by atoms with Crippen LogP contribution >= 0.6 is 27.5 Å². The Balaban J connectivity index is 2.05. The second-order valence-electron chi connectivity index (χ2n) is 4.79. The van der Waals surface area contributed by atoms with E-state index in [4.69, 9.17) is 16.3 Å². The number of ether oxygens (including phenoxy) is 1. The SMILES string of the molecule is CC(OC(=O)c1cc(Br)ccc1Cl)C(=O)Nc1ccc(F)cc1F. The molecule has 2 rings (SSSR count). The standard InChI is InChI=1S/C16H11BrClF2NO3/c1-8(15(22)21-14-5-3-10(19)7-13(14)20)24-16(23)11-6-9(17)2-4-12(11)18/h2-8H,1H3,(H,21,22). The van der Waals surface area contributed by atoms with E-state index in [1.54, 1.807) is 6.07 Å². The summed E-state index contributed by atoms with van der Waals surface area (Å²) in [6.45, 7) is 1.32. The number of hydrogen-bond acceptors (Lipinski definition) is 3. The maximum atomic E-state index is 13.5. The molecule has 2 aromatic rings. The van der Waals surface area contributed by atoms with Gasteiger partial charge in [-0.1, -0.05) is 27.5 Å². The summed E-state index contributed by atoms with van der Waals surface area (Å²) in [7, 11) is 0. The molecule has 0 heterocycles. The van der Waals surface area contributed by atoms with Crippen LogP contribution in [-0.4, -0.2) is 18.0 Å². The van der Waals surface area contributed by atoms with Gasteiger partial charge in [-0.15, -0.1) is 0 Å². The van der Waals surface area contributed by atoms with E-state index < -0.39 is 29.6 Å². The Morgan fingerprint density at radius 2 is 1.92 bits per heavy atom. The maximum absolute atomic E-state index is 13.5. The van der Waals surface area contributed by atoms with Crippen molar-refractivity contribution in [2.45, 2.75) is 13.0 Å². The van der Waals surface area contributed by atoms with Crippen LogP contribution in [0.25, 0.3) is 0 Å². The maximum Gasteiger partial charge on any atom is 0.340 e. The van der Waals surface area contributed by atoms with Crippen LogP contribution in [0, 0.1) is 11.6 Å². The Morgan fingerprint density at radius 1 is 1.21 bits per heavy atom. The summed E-state index contributed by atoms with van der Waals surface area (Å²) in [5, 5.41) is 2.39. The largest absolute Gasteiger partial charge is 0.449 e. The van der Waals surface area contributed by atoms with Crippen LogP contribution in [0.2, 0.25) is 5.02 Å². The first-order valence-corrected chi connectivity index (χ1v) is 7.87. The van der Waals surface area contributed by atoms with E-state index in [9.17, 15) is 18.4 Å². The minimum Gasteiger partial charge on any atom is -0.449 e. The molecule has 8 heteroatoms. The molecule has 0 aliphatic heterocycles. The molecule has 126 valence electrons. The monoisotopic (exact) mass is 417 g/mol. The number of hydrogen-bond donors (Lipinski definition) is 1. The van der Waals surface area contributed by atoms with Gasteiger partial charge in [0.15, 0.2) is 6.10 Å².